The van der Waals surface area contributed by atoms with Crippen LogP contribution in [0.5, 0.6) is 0 Å². The molecule has 1 aliphatic heterocycles. The van der Waals surface area contributed by atoms with E-state index in [4.69, 9.17) is 10.5 Å². The average Bonchev–Trinajstić information content (AvgIpc) is 2.74. The normalized spacial score (nSPS) is 32.7. The third kappa shape index (κ3) is 3.33. The number of ether oxygens (including phenoxy) is 1. The first kappa shape index (κ1) is 13.6. The molecule has 4 nitrogen and oxygen atoms in total. The summed E-state index contributed by atoms with van der Waals surface area (Å²) >= 11 is 0. The molecule has 2 rings (SSSR count). The van der Waals surface area contributed by atoms with Crippen LogP contribution in [0.3, 0.4) is 0 Å². The number of nitrogens with two attached hydrogens (primary N) is 1. The molecule has 0 amide bonds. The fourth-order valence-corrected chi connectivity index (χ4v) is 3.25. The second-order valence-corrected chi connectivity index (χ2v) is 5.39. The molecular weight excluding hydrogens is 228 g/mol. The van der Waals surface area contributed by atoms with Gasteiger partial charge in [0.2, 0.25) is 0 Å². The van der Waals surface area contributed by atoms with Crippen LogP contribution in [0.15, 0.2) is 12.2 Å². The lowest BCUT2D eigenvalue weighted by molar-refractivity contribution is -0.137. The highest BCUT2D eigenvalue weighted by atomic mass is 16.5. The van der Waals surface area contributed by atoms with Crippen molar-refractivity contribution in [3.8, 4) is 0 Å². The van der Waals surface area contributed by atoms with E-state index in [0.29, 0.717) is 18.6 Å². The topological polar surface area (TPSA) is 55.6 Å². The van der Waals surface area contributed by atoms with Gasteiger partial charge in [0.1, 0.15) is 0 Å². The van der Waals surface area contributed by atoms with Gasteiger partial charge >= 0.3 is 5.97 Å². The summed E-state index contributed by atoms with van der Waals surface area (Å²) in [5, 5.41) is 0. The SMILES string of the molecule is CCOC(=O)/C=C/CN1CC2CCCC(N)C2C1. The molecule has 1 heterocycles. The summed E-state index contributed by atoms with van der Waals surface area (Å²) in [4.78, 5) is 13.6. The van der Waals surface area contributed by atoms with Gasteiger partial charge in [-0.05, 0) is 31.6 Å². The number of hydrogen-bond donors (Lipinski definition) is 1. The molecule has 0 radical (unpaired) electrons. The second-order valence-electron chi connectivity index (χ2n) is 5.39. The predicted octanol–water partition coefficient (Wildman–Crippen LogP) is 1.16. The van der Waals surface area contributed by atoms with Gasteiger partial charge in [-0.15, -0.1) is 0 Å². The Morgan fingerprint density at radius 3 is 3.00 bits per heavy atom. The lowest BCUT2D eigenvalue weighted by Crippen LogP contribution is -2.38. The molecule has 3 atom stereocenters. The zero-order valence-corrected chi connectivity index (χ0v) is 11.2. The van der Waals surface area contributed by atoms with Crippen LogP contribution in [0.25, 0.3) is 0 Å². The van der Waals surface area contributed by atoms with E-state index in [1.165, 1.54) is 25.3 Å². The molecule has 1 aliphatic carbocycles. The molecule has 1 saturated carbocycles. The number of nitrogens with zero attached hydrogens (tertiary/aromatic N) is 1. The fourth-order valence-electron chi connectivity index (χ4n) is 3.25. The van der Waals surface area contributed by atoms with E-state index in [-0.39, 0.29) is 5.97 Å². The molecule has 0 aromatic carbocycles. The Balaban J connectivity index is 1.77. The van der Waals surface area contributed by atoms with E-state index in [0.717, 1.165) is 25.6 Å². The lowest BCUT2D eigenvalue weighted by Gasteiger charge is -2.29. The number of carbonyl (C=O) groups is 1. The van der Waals surface area contributed by atoms with Crippen LogP contribution in [0.4, 0.5) is 0 Å². The van der Waals surface area contributed by atoms with Crippen molar-refractivity contribution in [1.82, 2.24) is 4.90 Å². The van der Waals surface area contributed by atoms with Gasteiger partial charge in [0.25, 0.3) is 0 Å². The van der Waals surface area contributed by atoms with E-state index in [9.17, 15) is 4.79 Å². The van der Waals surface area contributed by atoms with Crippen molar-refractivity contribution in [3.05, 3.63) is 12.2 Å². The average molecular weight is 252 g/mol. The maximum absolute atomic E-state index is 11.2. The van der Waals surface area contributed by atoms with Gasteiger partial charge in [-0.1, -0.05) is 12.5 Å². The van der Waals surface area contributed by atoms with Crippen LogP contribution in [0.1, 0.15) is 26.2 Å². The van der Waals surface area contributed by atoms with Gasteiger partial charge in [-0.3, -0.25) is 4.90 Å². The van der Waals surface area contributed by atoms with E-state index in [1.807, 2.05) is 13.0 Å². The zero-order chi connectivity index (χ0) is 13.0. The van der Waals surface area contributed by atoms with Crippen molar-refractivity contribution in [2.75, 3.05) is 26.2 Å². The number of esters is 1. The minimum absolute atomic E-state index is 0.245. The minimum Gasteiger partial charge on any atom is -0.463 e. The van der Waals surface area contributed by atoms with Crippen LogP contribution in [-0.2, 0) is 9.53 Å². The Morgan fingerprint density at radius 1 is 1.44 bits per heavy atom. The van der Waals surface area contributed by atoms with Crippen molar-refractivity contribution < 1.29 is 9.53 Å². The van der Waals surface area contributed by atoms with E-state index in [2.05, 4.69) is 4.90 Å². The summed E-state index contributed by atoms with van der Waals surface area (Å²) in [7, 11) is 0. The highest BCUT2D eigenvalue weighted by Gasteiger charge is 2.37. The molecule has 3 unspecified atom stereocenters. The van der Waals surface area contributed by atoms with Crippen molar-refractivity contribution in [2.45, 2.75) is 32.2 Å². The quantitative estimate of drug-likeness (QED) is 0.602. The molecule has 2 fully saturated rings. The van der Waals surface area contributed by atoms with Crippen LogP contribution < -0.4 is 5.73 Å². The van der Waals surface area contributed by atoms with Gasteiger partial charge in [0, 0.05) is 31.8 Å². The molecule has 2 aliphatic rings. The largest absolute Gasteiger partial charge is 0.463 e. The number of hydrogen-bond acceptors (Lipinski definition) is 4. The molecule has 0 aromatic rings. The van der Waals surface area contributed by atoms with Crippen molar-refractivity contribution >= 4 is 5.97 Å². The van der Waals surface area contributed by atoms with Crippen LogP contribution in [0, 0.1) is 11.8 Å². The van der Waals surface area contributed by atoms with Crippen LogP contribution in [-0.4, -0.2) is 43.2 Å². The molecule has 102 valence electrons. The molecule has 0 spiro atoms. The Morgan fingerprint density at radius 2 is 2.28 bits per heavy atom. The minimum atomic E-state index is -0.245. The smallest absolute Gasteiger partial charge is 0.330 e. The standard InChI is InChI=1S/C14H24N2O2/c1-2-18-14(17)7-4-8-16-9-11-5-3-6-13(15)12(11)10-16/h4,7,11-13H,2-3,5-6,8-10,15H2,1H3/b7-4+. The molecule has 0 aromatic heterocycles. The van der Waals surface area contributed by atoms with E-state index < -0.39 is 0 Å². The van der Waals surface area contributed by atoms with E-state index >= 15 is 0 Å². The Labute approximate surface area is 109 Å². The summed E-state index contributed by atoms with van der Waals surface area (Å²) in [6.45, 7) is 5.30. The van der Waals surface area contributed by atoms with Gasteiger partial charge in [0.05, 0.1) is 6.61 Å². The maximum Gasteiger partial charge on any atom is 0.330 e. The van der Waals surface area contributed by atoms with Crippen LogP contribution >= 0.6 is 0 Å². The van der Waals surface area contributed by atoms with Gasteiger partial charge in [-0.2, -0.15) is 0 Å². The first-order valence-electron chi connectivity index (χ1n) is 7.02. The predicted molar refractivity (Wildman–Crippen MR) is 71.0 cm³/mol. The molecular formula is C14H24N2O2. The molecule has 4 heteroatoms. The molecule has 0 bridgehead atoms. The summed E-state index contributed by atoms with van der Waals surface area (Å²) in [5.41, 5.74) is 6.18. The summed E-state index contributed by atoms with van der Waals surface area (Å²) < 4.78 is 4.85. The fraction of sp³-hybridized carbons (Fsp3) is 0.786. The number of rotatable bonds is 4. The highest BCUT2D eigenvalue weighted by Crippen LogP contribution is 2.35. The third-order valence-electron chi connectivity index (χ3n) is 4.13. The Hall–Kier alpha value is -0.870. The third-order valence-corrected chi connectivity index (χ3v) is 4.13. The first-order chi connectivity index (χ1) is 8.70. The number of fused-ring (bicyclic) bond motifs is 1. The second kappa shape index (κ2) is 6.34. The zero-order valence-electron chi connectivity index (χ0n) is 11.2. The van der Waals surface area contributed by atoms with Gasteiger partial charge in [-0.25, -0.2) is 4.79 Å². The van der Waals surface area contributed by atoms with Crippen molar-refractivity contribution in [2.24, 2.45) is 17.6 Å². The summed E-state index contributed by atoms with van der Waals surface area (Å²) in [5.74, 6) is 1.19. The summed E-state index contributed by atoms with van der Waals surface area (Å²) in [6.07, 6.45) is 7.20. The highest BCUT2D eigenvalue weighted by molar-refractivity contribution is 5.81. The lowest BCUT2D eigenvalue weighted by atomic mass is 9.78. The van der Waals surface area contributed by atoms with Crippen molar-refractivity contribution in [1.29, 1.82) is 0 Å². The monoisotopic (exact) mass is 252 g/mol. The molecule has 2 N–H and O–H groups in total. The Kier molecular flexibility index (Phi) is 4.78. The van der Waals surface area contributed by atoms with E-state index in [1.54, 1.807) is 0 Å². The Bertz CT molecular complexity index is 317. The maximum atomic E-state index is 11.2. The van der Waals surface area contributed by atoms with Crippen molar-refractivity contribution in [3.63, 3.8) is 0 Å². The van der Waals surface area contributed by atoms with Gasteiger partial charge in [0.15, 0.2) is 0 Å². The molecule has 1 saturated heterocycles. The summed E-state index contributed by atoms with van der Waals surface area (Å²) in [6, 6.07) is 0.378. The van der Waals surface area contributed by atoms with Gasteiger partial charge < -0.3 is 10.5 Å². The van der Waals surface area contributed by atoms with Crippen LogP contribution in [0.2, 0.25) is 0 Å². The number of likely N-dealkylation sites (tertiary alicyclic amines) is 1. The first-order valence-corrected chi connectivity index (χ1v) is 7.02. The number of carbonyl (C=O) groups excluding carboxylic acids is 1. The molecule has 18 heavy (non-hydrogen) atoms.